The van der Waals surface area contributed by atoms with Crippen molar-refractivity contribution < 1.29 is 32.4 Å². The molecule has 2 heterocycles. The van der Waals surface area contributed by atoms with Gasteiger partial charge in [-0.05, 0) is 74.5 Å². The summed E-state index contributed by atoms with van der Waals surface area (Å²) in [6, 6.07) is 27.3. The number of aromatic hydroxyl groups is 2. The van der Waals surface area contributed by atoms with Crippen molar-refractivity contribution in [3.05, 3.63) is 139 Å². The fourth-order valence-corrected chi connectivity index (χ4v) is 4.57. The first-order chi connectivity index (χ1) is 22.1. The van der Waals surface area contributed by atoms with Crippen LogP contribution in [-0.4, -0.2) is 29.8 Å². The molecule has 0 fully saturated rings. The molecule has 0 unspecified atom stereocenters. The molecule has 0 aliphatic rings. The number of rotatable bonds is 6. The van der Waals surface area contributed by atoms with Crippen LogP contribution in [0.1, 0.15) is 11.4 Å². The number of phenols is 2. The first-order valence-electron chi connectivity index (χ1n) is 13.7. The Bertz CT molecular complexity index is 2020. The first-order valence-corrected chi connectivity index (χ1v) is 14.5. The Morgan fingerprint density at radius 3 is 1.72 bits per heavy atom. The third kappa shape index (κ3) is 8.15. The predicted molar refractivity (Wildman–Crippen MR) is 175 cm³/mol. The van der Waals surface area contributed by atoms with Crippen molar-refractivity contribution in [2.75, 3.05) is 0 Å². The van der Waals surface area contributed by atoms with Crippen molar-refractivity contribution in [3.63, 3.8) is 0 Å². The van der Waals surface area contributed by atoms with Crippen molar-refractivity contribution in [3.8, 4) is 22.9 Å². The summed E-state index contributed by atoms with van der Waals surface area (Å²) in [5, 5.41) is 40.9. The van der Waals surface area contributed by atoms with Crippen LogP contribution in [0.3, 0.4) is 0 Å². The van der Waals surface area contributed by atoms with Gasteiger partial charge in [0, 0.05) is 32.2 Å². The zero-order valence-electron chi connectivity index (χ0n) is 24.8. The minimum absolute atomic E-state index is 0. The maximum atomic E-state index is 12.5. The first kappa shape index (κ1) is 34.7. The molecule has 0 spiro atoms. The molecule has 6 aromatic rings. The van der Waals surface area contributed by atoms with Gasteiger partial charge in [0.2, 0.25) is 0 Å². The number of aromatic nitrogens is 4. The van der Waals surface area contributed by atoms with Crippen LogP contribution in [0.25, 0.3) is 11.4 Å². The van der Waals surface area contributed by atoms with E-state index in [0.717, 1.165) is 5.69 Å². The van der Waals surface area contributed by atoms with Crippen LogP contribution < -0.4 is 16.2 Å². The van der Waals surface area contributed by atoms with Crippen LogP contribution in [0.4, 0.5) is 22.7 Å². The molecule has 0 radical (unpaired) electrons. The van der Waals surface area contributed by atoms with Gasteiger partial charge < -0.3 is 10.2 Å². The van der Waals surface area contributed by atoms with E-state index in [2.05, 4.69) is 30.7 Å². The third-order valence-electron chi connectivity index (χ3n) is 6.56. The van der Waals surface area contributed by atoms with Crippen LogP contribution in [0, 0.1) is 13.8 Å². The minimum atomic E-state index is -0.320. The van der Waals surface area contributed by atoms with Crippen molar-refractivity contribution in [2.45, 2.75) is 13.8 Å². The fraction of sp³-hybridized carbons (Fsp3) is 0.0625. The van der Waals surface area contributed by atoms with Crippen LogP contribution in [0.15, 0.2) is 122 Å². The number of nitrogens with one attached hydrogen (secondary N) is 3. The molecule has 2 aromatic heterocycles. The maximum Gasteiger partial charge on any atom is 0.345 e. The van der Waals surface area contributed by atoms with Gasteiger partial charge in [-0.3, -0.25) is 19.8 Å². The zero-order chi connectivity index (χ0) is 32.8. The van der Waals surface area contributed by atoms with E-state index in [1.807, 2.05) is 48.5 Å². The molecule has 0 amide bonds. The molecular formula is C32H27Cl2FeN8O4+. The number of hydrogen-bond acceptors (Lipinski definition) is 7. The van der Waals surface area contributed by atoms with E-state index in [9.17, 15) is 19.8 Å². The molecule has 0 bridgehead atoms. The SMILES string of the molecule is Cc1[nH]n(-c2ccccc2)c(=O)c1N=Nc1cc(Cl)ccc1O.Cc1[nH]n(-c2ccccc2)c(=O)c1[NH+]=Nc1cc(Cl)ccc1O.[Fe]. The Kier molecular flexibility index (Phi) is 11.4. The normalized spacial score (nSPS) is 11.0. The van der Waals surface area contributed by atoms with Crippen molar-refractivity contribution in [2.24, 2.45) is 15.3 Å². The summed E-state index contributed by atoms with van der Waals surface area (Å²) in [7, 11) is 0. The van der Waals surface area contributed by atoms with E-state index in [1.54, 1.807) is 38.1 Å². The Balaban J connectivity index is 0.000000208. The van der Waals surface area contributed by atoms with Gasteiger partial charge in [-0.1, -0.05) is 64.7 Å². The molecule has 0 saturated heterocycles. The van der Waals surface area contributed by atoms with Crippen LogP contribution in [0.5, 0.6) is 11.5 Å². The summed E-state index contributed by atoms with van der Waals surface area (Å²) < 4.78 is 2.81. The standard InChI is InChI=1S/2C16H13ClN4O2.Fe/c2*1-10-15(19-18-13-9-11(17)7-8-14(13)22)16(23)21(20-10)12-5-3-2-4-6-12;/h2*2-9,20,22H,1H3;/p+1. The molecule has 12 nitrogen and oxygen atoms in total. The number of aryl methyl sites for hydroxylation is 2. The van der Waals surface area contributed by atoms with Crippen molar-refractivity contribution in [1.29, 1.82) is 0 Å². The van der Waals surface area contributed by atoms with E-state index < -0.39 is 0 Å². The summed E-state index contributed by atoms with van der Waals surface area (Å²) >= 11 is 11.7. The number of hydrogen-bond donors (Lipinski definition) is 5. The van der Waals surface area contributed by atoms with Gasteiger partial charge in [0.1, 0.15) is 22.9 Å². The molecular weight excluding hydrogens is 687 g/mol. The smallest absolute Gasteiger partial charge is 0.345 e. The maximum absolute atomic E-state index is 12.5. The third-order valence-corrected chi connectivity index (χ3v) is 7.03. The Morgan fingerprint density at radius 1 is 0.660 bits per heavy atom. The number of para-hydroxylation sites is 2. The molecule has 240 valence electrons. The van der Waals surface area contributed by atoms with Crippen LogP contribution in [0.2, 0.25) is 10.0 Å². The summed E-state index contributed by atoms with van der Waals surface area (Å²) in [6.07, 6.45) is 0. The molecule has 4 aromatic carbocycles. The summed E-state index contributed by atoms with van der Waals surface area (Å²) in [5.41, 5.74) is 2.96. The van der Waals surface area contributed by atoms with Gasteiger partial charge in [0.25, 0.3) is 5.56 Å². The molecule has 0 saturated carbocycles. The summed E-state index contributed by atoms with van der Waals surface area (Å²) in [6.45, 7) is 3.49. The van der Waals surface area contributed by atoms with Crippen molar-refractivity contribution in [1.82, 2.24) is 19.6 Å². The van der Waals surface area contributed by atoms with Gasteiger partial charge in [-0.25, -0.2) is 9.36 Å². The molecule has 15 heteroatoms. The van der Waals surface area contributed by atoms with Gasteiger partial charge >= 0.3 is 11.2 Å². The molecule has 47 heavy (non-hydrogen) atoms. The van der Waals surface area contributed by atoms with E-state index in [-0.39, 0.29) is 56.7 Å². The van der Waals surface area contributed by atoms with Crippen molar-refractivity contribution >= 4 is 46.0 Å². The molecule has 5 N–H and O–H groups in total. The van der Waals surface area contributed by atoms with Gasteiger partial charge in [0.15, 0.2) is 11.4 Å². The van der Waals surface area contributed by atoms with Gasteiger partial charge in [0.05, 0.1) is 17.1 Å². The van der Waals surface area contributed by atoms with E-state index >= 15 is 0 Å². The Hall–Kier alpha value is -5.20. The second kappa shape index (κ2) is 15.4. The molecule has 0 aliphatic carbocycles. The molecule has 0 aliphatic heterocycles. The minimum Gasteiger partial charge on any atom is -0.506 e. The number of aromatic amines is 2. The fourth-order valence-electron chi connectivity index (χ4n) is 4.23. The second-order valence-corrected chi connectivity index (χ2v) is 10.7. The second-order valence-electron chi connectivity index (χ2n) is 9.84. The summed E-state index contributed by atoms with van der Waals surface area (Å²) in [4.78, 5) is 24.9. The zero-order valence-corrected chi connectivity index (χ0v) is 27.4. The largest absolute Gasteiger partial charge is 0.506 e. The number of nitrogens with zero attached hydrogens (tertiary/aromatic N) is 5. The Labute approximate surface area is 288 Å². The Morgan fingerprint density at radius 2 is 1.15 bits per heavy atom. The molecule has 6 rings (SSSR count). The van der Waals surface area contributed by atoms with E-state index in [0.29, 0.717) is 32.8 Å². The van der Waals surface area contributed by atoms with Gasteiger partial charge in [-0.2, -0.15) is 0 Å². The van der Waals surface area contributed by atoms with Crippen LogP contribution in [-0.2, 0) is 17.1 Å². The van der Waals surface area contributed by atoms with Crippen LogP contribution >= 0.6 is 23.2 Å². The quantitative estimate of drug-likeness (QED) is 0.0973. The number of phenolic OH excluding ortho intramolecular Hbond substituents is 2. The number of benzene rings is 4. The summed E-state index contributed by atoms with van der Waals surface area (Å²) in [5.74, 6) is -0.0896. The number of halogens is 2. The topological polar surface area (TPSA) is 167 Å². The molecule has 0 atom stereocenters. The predicted octanol–water partition coefficient (Wildman–Crippen LogP) is 6.57. The number of H-pyrrole nitrogens is 2. The number of azo groups is 2. The van der Waals surface area contributed by atoms with E-state index in [1.165, 1.54) is 33.6 Å². The van der Waals surface area contributed by atoms with E-state index in [4.69, 9.17) is 23.2 Å². The van der Waals surface area contributed by atoms with Gasteiger partial charge in [-0.15, -0.1) is 10.2 Å². The average Bonchev–Trinajstić information content (AvgIpc) is 3.51. The monoisotopic (exact) mass is 713 g/mol. The average molecular weight is 714 g/mol.